The summed E-state index contributed by atoms with van der Waals surface area (Å²) < 4.78 is 4.69. The van der Waals surface area contributed by atoms with Crippen LogP contribution in [0.3, 0.4) is 0 Å². The summed E-state index contributed by atoms with van der Waals surface area (Å²) in [6, 6.07) is 12.2. The van der Waals surface area contributed by atoms with Gasteiger partial charge in [0.1, 0.15) is 10.7 Å². The normalized spacial score (nSPS) is 13.3. The predicted molar refractivity (Wildman–Crippen MR) is 133 cm³/mol. The lowest BCUT2D eigenvalue weighted by atomic mass is 10.2. The molecule has 11 heteroatoms. The molecule has 3 aromatic rings. The van der Waals surface area contributed by atoms with Gasteiger partial charge in [0.25, 0.3) is 17.7 Å². The van der Waals surface area contributed by atoms with E-state index in [9.17, 15) is 19.2 Å². The number of imide groups is 1. The van der Waals surface area contributed by atoms with Crippen LogP contribution in [0.2, 0.25) is 0 Å². The molecule has 4 rings (SSSR count). The molecule has 0 saturated carbocycles. The molecule has 0 radical (unpaired) electrons. The summed E-state index contributed by atoms with van der Waals surface area (Å²) in [5.41, 5.74) is 1.93. The highest BCUT2D eigenvalue weighted by atomic mass is 35.5. The number of methoxy groups -OCH3 is 1. The van der Waals surface area contributed by atoms with Crippen molar-refractivity contribution in [2.45, 2.75) is 13.8 Å². The van der Waals surface area contributed by atoms with Crippen LogP contribution < -0.4 is 15.5 Å². The maximum atomic E-state index is 13.0. The second-order valence-corrected chi connectivity index (χ2v) is 9.07. The largest absolute Gasteiger partial charge is 0.465 e. The highest BCUT2D eigenvalue weighted by Gasteiger charge is 2.39. The quantitative estimate of drug-likeness (QED) is 0.376. The number of nitrogens with zero attached hydrogens (tertiary/aromatic N) is 2. The smallest absolute Gasteiger partial charge is 0.337 e. The molecule has 178 valence electrons. The Bertz CT molecular complexity index is 1380. The van der Waals surface area contributed by atoms with E-state index in [1.165, 1.54) is 42.7 Å². The van der Waals surface area contributed by atoms with Crippen LogP contribution in [0.5, 0.6) is 0 Å². The van der Waals surface area contributed by atoms with Gasteiger partial charge in [0.2, 0.25) is 0 Å². The van der Waals surface area contributed by atoms with Crippen LogP contribution in [0.1, 0.15) is 31.3 Å². The summed E-state index contributed by atoms with van der Waals surface area (Å²) in [4.78, 5) is 56.2. The fraction of sp³-hybridized carbons (Fsp3) is 0.125. The molecule has 1 aliphatic heterocycles. The third kappa shape index (κ3) is 4.79. The van der Waals surface area contributed by atoms with E-state index in [2.05, 4.69) is 20.4 Å². The Balaban J connectivity index is 1.49. The van der Waals surface area contributed by atoms with Gasteiger partial charge in [-0.15, -0.1) is 11.3 Å². The van der Waals surface area contributed by atoms with Crippen molar-refractivity contribution in [2.24, 2.45) is 0 Å². The number of aromatic nitrogens is 1. The van der Waals surface area contributed by atoms with Crippen molar-refractivity contribution < 1.29 is 23.9 Å². The maximum absolute atomic E-state index is 13.0. The second kappa shape index (κ2) is 9.69. The molecule has 0 fully saturated rings. The Kier molecular flexibility index (Phi) is 6.68. The van der Waals surface area contributed by atoms with E-state index in [0.717, 1.165) is 15.5 Å². The number of hydrogen-bond donors (Lipinski definition) is 2. The molecule has 0 bridgehead atoms. The highest BCUT2D eigenvalue weighted by molar-refractivity contribution is 7.15. The summed E-state index contributed by atoms with van der Waals surface area (Å²) in [5.74, 6) is -2.34. The van der Waals surface area contributed by atoms with Crippen LogP contribution in [-0.2, 0) is 14.3 Å². The molecule has 35 heavy (non-hydrogen) atoms. The molecular formula is C24H19ClN4O5S. The molecular weight excluding hydrogens is 492 g/mol. The van der Waals surface area contributed by atoms with Crippen molar-refractivity contribution in [1.82, 2.24) is 4.98 Å². The molecule has 2 heterocycles. The predicted octanol–water partition coefficient (Wildman–Crippen LogP) is 4.23. The summed E-state index contributed by atoms with van der Waals surface area (Å²) in [5, 5.41) is 5.81. The zero-order chi connectivity index (χ0) is 25.3. The van der Waals surface area contributed by atoms with Crippen LogP contribution in [0.15, 0.2) is 59.3 Å². The van der Waals surface area contributed by atoms with Gasteiger partial charge in [0, 0.05) is 16.1 Å². The first-order valence-corrected chi connectivity index (χ1v) is 11.5. The zero-order valence-corrected chi connectivity index (χ0v) is 20.4. The summed E-state index contributed by atoms with van der Waals surface area (Å²) >= 11 is 7.57. The van der Waals surface area contributed by atoms with Crippen LogP contribution in [-0.4, -0.2) is 35.8 Å². The summed E-state index contributed by atoms with van der Waals surface area (Å²) in [6.45, 7) is 3.79. The number of anilines is 3. The molecule has 2 aromatic carbocycles. The minimum absolute atomic E-state index is 0.119. The van der Waals surface area contributed by atoms with Gasteiger partial charge in [0.15, 0.2) is 5.13 Å². The monoisotopic (exact) mass is 510 g/mol. The number of aryl methyl sites for hydroxylation is 2. The number of benzene rings is 2. The first-order valence-electron chi connectivity index (χ1n) is 10.3. The molecule has 1 aliphatic rings. The summed E-state index contributed by atoms with van der Waals surface area (Å²) in [6.07, 6.45) is 0. The van der Waals surface area contributed by atoms with Crippen LogP contribution in [0, 0.1) is 13.8 Å². The number of halogens is 1. The molecule has 1 aromatic heterocycles. The lowest BCUT2D eigenvalue weighted by Crippen LogP contribution is -2.32. The van der Waals surface area contributed by atoms with Gasteiger partial charge in [-0.2, -0.15) is 0 Å². The lowest BCUT2D eigenvalue weighted by Gasteiger charge is -2.16. The minimum atomic E-state index is -0.730. The summed E-state index contributed by atoms with van der Waals surface area (Å²) in [7, 11) is 1.23. The first kappa shape index (κ1) is 24.1. The van der Waals surface area contributed by atoms with Crippen LogP contribution >= 0.6 is 22.9 Å². The maximum Gasteiger partial charge on any atom is 0.337 e. The number of amides is 3. The lowest BCUT2D eigenvalue weighted by molar-refractivity contribution is -0.120. The number of nitrogens with one attached hydrogen (secondary N) is 2. The van der Waals surface area contributed by atoms with E-state index in [-0.39, 0.29) is 27.9 Å². The van der Waals surface area contributed by atoms with E-state index in [0.29, 0.717) is 16.4 Å². The third-order valence-electron chi connectivity index (χ3n) is 5.22. The van der Waals surface area contributed by atoms with Gasteiger partial charge in [-0.3, -0.25) is 19.7 Å². The Hall–Kier alpha value is -4.02. The number of rotatable bonds is 6. The third-order valence-corrected chi connectivity index (χ3v) is 6.56. The molecule has 0 atom stereocenters. The van der Waals surface area contributed by atoms with Crippen LogP contribution in [0.25, 0.3) is 0 Å². The van der Waals surface area contributed by atoms with Crippen LogP contribution in [0.4, 0.5) is 16.5 Å². The molecule has 0 saturated heterocycles. The van der Waals surface area contributed by atoms with E-state index in [1.807, 2.05) is 13.8 Å². The van der Waals surface area contributed by atoms with Crippen molar-refractivity contribution in [3.63, 3.8) is 0 Å². The second-order valence-electron chi connectivity index (χ2n) is 7.49. The van der Waals surface area contributed by atoms with E-state index in [4.69, 9.17) is 11.6 Å². The van der Waals surface area contributed by atoms with Crippen molar-refractivity contribution in [3.8, 4) is 0 Å². The van der Waals surface area contributed by atoms with Gasteiger partial charge in [0.05, 0.1) is 24.1 Å². The number of carbonyl (C=O) groups is 4. The van der Waals surface area contributed by atoms with Gasteiger partial charge >= 0.3 is 5.97 Å². The first-order chi connectivity index (χ1) is 16.7. The van der Waals surface area contributed by atoms with E-state index < -0.39 is 17.8 Å². The number of esters is 1. The molecule has 9 nitrogen and oxygen atoms in total. The molecule has 3 amide bonds. The Morgan fingerprint density at radius 2 is 1.74 bits per heavy atom. The average Bonchev–Trinajstić information content (AvgIpc) is 3.28. The van der Waals surface area contributed by atoms with Crippen molar-refractivity contribution in [3.05, 3.63) is 81.0 Å². The molecule has 0 spiro atoms. The van der Waals surface area contributed by atoms with E-state index in [1.54, 1.807) is 24.3 Å². The Morgan fingerprint density at radius 1 is 1.03 bits per heavy atom. The average molecular weight is 511 g/mol. The Labute approximate surface area is 209 Å². The topological polar surface area (TPSA) is 118 Å². The van der Waals surface area contributed by atoms with E-state index >= 15 is 0 Å². The van der Waals surface area contributed by atoms with Crippen molar-refractivity contribution >= 4 is 63.1 Å². The number of hydrogen-bond acceptors (Lipinski definition) is 8. The minimum Gasteiger partial charge on any atom is -0.465 e. The molecule has 0 aliphatic carbocycles. The van der Waals surface area contributed by atoms with Crippen molar-refractivity contribution in [1.29, 1.82) is 0 Å². The molecule has 2 N–H and O–H groups in total. The number of thiazole rings is 1. The van der Waals surface area contributed by atoms with Gasteiger partial charge in [-0.25, -0.2) is 14.7 Å². The standard InChI is InChI=1S/C24H19ClN4O5S/c1-12-13(2)35-24(26-12)28-20(30)14-7-9-16(10-8-14)27-19-18(25)21(31)29(22(19)32)17-6-4-5-15(11-17)23(33)34-3/h4-11,27H,1-3H3,(H,26,28,30). The number of carbonyl (C=O) groups excluding carboxylic acids is 4. The van der Waals surface area contributed by atoms with Gasteiger partial charge < -0.3 is 10.1 Å². The number of ether oxygens (including phenoxy) is 1. The fourth-order valence-electron chi connectivity index (χ4n) is 3.28. The fourth-order valence-corrected chi connectivity index (χ4v) is 4.30. The Morgan fingerprint density at radius 3 is 2.37 bits per heavy atom. The van der Waals surface area contributed by atoms with Crippen molar-refractivity contribution in [2.75, 3.05) is 22.6 Å². The van der Waals surface area contributed by atoms with Gasteiger partial charge in [-0.05, 0) is 56.3 Å². The molecule has 0 unspecified atom stereocenters. The highest BCUT2D eigenvalue weighted by Crippen LogP contribution is 2.31. The van der Waals surface area contributed by atoms with Gasteiger partial charge in [-0.1, -0.05) is 17.7 Å². The zero-order valence-electron chi connectivity index (χ0n) is 18.8. The SMILES string of the molecule is COC(=O)c1cccc(N2C(=O)C(Cl)=C(Nc3ccc(C(=O)Nc4nc(C)c(C)s4)cc3)C2=O)c1.